The van der Waals surface area contributed by atoms with E-state index in [4.69, 9.17) is 9.47 Å². The van der Waals surface area contributed by atoms with Crippen molar-refractivity contribution in [1.82, 2.24) is 10.6 Å². The van der Waals surface area contributed by atoms with Crippen LogP contribution in [0.4, 0.5) is 0 Å². The molecule has 9 heteroatoms. The van der Waals surface area contributed by atoms with E-state index < -0.39 is 36.4 Å². The van der Waals surface area contributed by atoms with Crippen LogP contribution in [0.2, 0.25) is 0 Å². The van der Waals surface area contributed by atoms with Crippen LogP contribution in [0, 0.1) is 0 Å². The molecule has 2 rings (SSSR count). The van der Waals surface area contributed by atoms with Gasteiger partial charge in [-0.05, 0) is 36.6 Å². The summed E-state index contributed by atoms with van der Waals surface area (Å²) in [7, 11) is 3.14. The highest BCUT2D eigenvalue weighted by atomic mass is 16.5. The van der Waals surface area contributed by atoms with Crippen molar-refractivity contribution in [2.24, 2.45) is 0 Å². The third-order valence-electron chi connectivity index (χ3n) is 5.10. The van der Waals surface area contributed by atoms with Gasteiger partial charge < -0.3 is 30.3 Å². The van der Waals surface area contributed by atoms with E-state index >= 15 is 0 Å². The predicted octanol–water partition coefficient (Wildman–Crippen LogP) is 1.88. The summed E-state index contributed by atoms with van der Waals surface area (Å²) in [6, 6.07) is 12.2. The first-order valence-electron chi connectivity index (χ1n) is 10.6. The molecule has 0 fully saturated rings. The molecule has 2 aromatic carbocycles. The molecule has 2 atom stereocenters. The van der Waals surface area contributed by atoms with Crippen LogP contribution in [0.1, 0.15) is 24.0 Å². The molecule has 0 saturated carbocycles. The largest absolute Gasteiger partial charge is 0.497 e. The second-order valence-electron chi connectivity index (χ2n) is 7.48. The fourth-order valence-corrected chi connectivity index (χ4v) is 3.37. The first-order chi connectivity index (χ1) is 15.8. The molecule has 0 unspecified atom stereocenters. The Morgan fingerprint density at radius 3 is 2.30 bits per heavy atom. The molecular weight excluding hydrogens is 428 g/mol. The number of carboxylic acid groups (broad SMARTS) is 2. The average molecular weight is 459 g/mol. The molecule has 0 aliphatic carbocycles. The number of amides is 1. The Morgan fingerprint density at radius 2 is 1.70 bits per heavy atom. The molecule has 9 nitrogen and oxygen atoms in total. The molecule has 0 bridgehead atoms. The normalized spacial score (nSPS) is 12.4. The number of rotatable bonds is 14. The Labute approximate surface area is 192 Å². The number of hydrogen-bond acceptors (Lipinski definition) is 6. The van der Waals surface area contributed by atoms with Gasteiger partial charge in [0.2, 0.25) is 5.91 Å². The van der Waals surface area contributed by atoms with Crippen LogP contribution in [0.5, 0.6) is 11.5 Å². The van der Waals surface area contributed by atoms with Gasteiger partial charge in [0, 0.05) is 12.5 Å². The molecular formula is C24H30N2O7. The van der Waals surface area contributed by atoms with E-state index in [2.05, 4.69) is 10.6 Å². The minimum atomic E-state index is -1.19. The number of carboxylic acids is 2. The molecule has 0 aromatic heterocycles. The fourth-order valence-electron chi connectivity index (χ4n) is 3.37. The molecule has 0 aliphatic heterocycles. The lowest BCUT2D eigenvalue weighted by Crippen LogP contribution is -2.51. The Kier molecular flexibility index (Phi) is 10.2. The van der Waals surface area contributed by atoms with Gasteiger partial charge in [-0.2, -0.15) is 0 Å². The van der Waals surface area contributed by atoms with Crippen LogP contribution >= 0.6 is 0 Å². The number of carbonyl (C=O) groups is 3. The van der Waals surface area contributed by atoms with E-state index in [-0.39, 0.29) is 6.42 Å². The lowest BCUT2D eigenvalue weighted by atomic mass is 10.0. The van der Waals surface area contributed by atoms with Crippen LogP contribution < -0.4 is 20.1 Å². The minimum Gasteiger partial charge on any atom is -0.497 e. The summed E-state index contributed by atoms with van der Waals surface area (Å²) in [6.45, 7) is 0.358. The Hall–Kier alpha value is -3.59. The van der Waals surface area contributed by atoms with Crippen molar-refractivity contribution in [3.05, 3.63) is 59.7 Å². The van der Waals surface area contributed by atoms with Crippen molar-refractivity contribution in [1.29, 1.82) is 0 Å². The number of benzene rings is 2. The topological polar surface area (TPSA) is 134 Å². The second-order valence-corrected chi connectivity index (χ2v) is 7.48. The Balaban J connectivity index is 1.95. The summed E-state index contributed by atoms with van der Waals surface area (Å²) < 4.78 is 10.6. The molecule has 0 saturated heterocycles. The van der Waals surface area contributed by atoms with Gasteiger partial charge in [-0.25, -0.2) is 4.79 Å². The summed E-state index contributed by atoms with van der Waals surface area (Å²) in [4.78, 5) is 35.6. The van der Waals surface area contributed by atoms with Crippen molar-refractivity contribution in [3.8, 4) is 11.5 Å². The number of aryl methyl sites for hydroxylation is 1. The van der Waals surface area contributed by atoms with Gasteiger partial charge in [0.15, 0.2) is 0 Å². The molecule has 1 amide bonds. The van der Waals surface area contributed by atoms with Gasteiger partial charge in [-0.15, -0.1) is 0 Å². The maximum Gasteiger partial charge on any atom is 0.326 e. The van der Waals surface area contributed by atoms with Crippen LogP contribution in [0.3, 0.4) is 0 Å². The van der Waals surface area contributed by atoms with E-state index in [1.807, 2.05) is 18.2 Å². The van der Waals surface area contributed by atoms with Gasteiger partial charge in [0.1, 0.15) is 17.5 Å². The Morgan fingerprint density at radius 1 is 0.970 bits per heavy atom. The zero-order valence-corrected chi connectivity index (χ0v) is 18.7. The fraction of sp³-hybridized carbons (Fsp3) is 0.375. The highest BCUT2D eigenvalue weighted by Crippen LogP contribution is 2.25. The van der Waals surface area contributed by atoms with Gasteiger partial charge in [0.25, 0.3) is 0 Å². The zero-order valence-electron chi connectivity index (χ0n) is 18.7. The second kappa shape index (κ2) is 13.1. The molecule has 0 heterocycles. The highest BCUT2D eigenvalue weighted by molar-refractivity contribution is 5.89. The predicted molar refractivity (Wildman–Crippen MR) is 122 cm³/mol. The number of methoxy groups -OCH3 is 2. The molecule has 4 N–H and O–H groups in total. The summed E-state index contributed by atoms with van der Waals surface area (Å²) in [5.41, 5.74) is 1.70. The van der Waals surface area contributed by atoms with Crippen LogP contribution in [-0.2, 0) is 27.2 Å². The van der Waals surface area contributed by atoms with E-state index in [0.29, 0.717) is 30.9 Å². The lowest BCUT2D eigenvalue weighted by molar-refractivity contribution is -0.143. The third-order valence-corrected chi connectivity index (χ3v) is 5.10. The van der Waals surface area contributed by atoms with Crippen molar-refractivity contribution < 1.29 is 34.1 Å². The molecule has 0 spiro atoms. The average Bonchev–Trinajstić information content (AvgIpc) is 2.80. The van der Waals surface area contributed by atoms with Crippen molar-refractivity contribution in [2.45, 2.75) is 37.8 Å². The van der Waals surface area contributed by atoms with Crippen molar-refractivity contribution in [3.63, 3.8) is 0 Å². The molecule has 2 aromatic rings. The molecule has 33 heavy (non-hydrogen) atoms. The number of nitrogens with one attached hydrogen (secondary N) is 2. The summed E-state index contributed by atoms with van der Waals surface area (Å²) in [5.74, 6) is -1.65. The van der Waals surface area contributed by atoms with Gasteiger partial charge >= 0.3 is 11.9 Å². The van der Waals surface area contributed by atoms with Gasteiger partial charge in [-0.1, -0.05) is 36.4 Å². The van der Waals surface area contributed by atoms with E-state index in [1.165, 1.54) is 0 Å². The highest BCUT2D eigenvalue weighted by Gasteiger charge is 2.27. The van der Waals surface area contributed by atoms with E-state index in [1.54, 1.807) is 44.6 Å². The monoisotopic (exact) mass is 458 g/mol. The SMILES string of the molecule is COc1ccc(CCCN[C@@H](CC(=O)O)C(=O)N[C@@H](Cc2ccccc2)C(=O)O)c(OC)c1. The smallest absolute Gasteiger partial charge is 0.326 e. The van der Waals surface area contributed by atoms with Crippen molar-refractivity contribution >= 4 is 17.8 Å². The van der Waals surface area contributed by atoms with Crippen LogP contribution in [-0.4, -0.2) is 60.9 Å². The standard InChI is InChI=1S/C24H30N2O7/c1-32-18-11-10-17(21(14-18)33-2)9-6-12-25-19(15-22(27)28)23(29)26-20(24(30)31)13-16-7-4-3-5-8-16/h3-5,7-8,10-11,14,19-20,25H,6,9,12-13,15H2,1-2H3,(H,26,29)(H,27,28)(H,30,31)/t19-,20-/m0/s1. The van der Waals surface area contributed by atoms with E-state index in [0.717, 1.165) is 11.1 Å². The summed E-state index contributed by atoms with van der Waals surface area (Å²) >= 11 is 0. The maximum atomic E-state index is 12.7. The number of hydrogen-bond donors (Lipinski definition) is 4. The quantitative estimate of drug-likeness (QED) is 0.315. The Bertz CT molecular complexity index is 934. The first-order valence-corrected chi connectivity index (χ1v) is 10.6. The summed E-state index contributed by atoms with van der Waals surface area (Å²) in [6.07, 6.45) is 0.875. The van der Waals surface area contributed by atoms with Crippen molar-refractivity contribution in [2.75, 3.05) is 20.8 Å². The van der Waals surface area contributed by atoms with Gasteiger partial charge in [-0.3, -0.25) is 9.59 Å². The summed E-state index contributed by atoms with van der Waals surface area (Å²) in [5, 5.41) is 24.1. The molecule has 0 aliphatic rings. The minimum absolute atomic E-state index is 0.0962. The van der Waals surface area contributed by atoms with Gasteiger partial charge in [0.05, 0.1) is 26.7 Å². The van der Waals surface area contributed by atoms with Crippen LogP contribution in [0.25, 0.3) is 0 Å². The van der Waals surface area contributed by atoms with Crippen LogP contribution in [0.15, 0.2) is 48.5 Å². The van der Waals surface area contributed by atoms with E-state index in [9.17, 15) is 24.6 Å². The zero-order chi connectivity index (χ0) is 24.2. The molecule has 178 valence electrons. The first kappa shape index (κ1) is 25.7. The number of aliphatic carboxylic acids is 2. The lowest BCUT2D eigenvalue weighted by Gasteiger charge is -2.20. The maximum absolute atomic E-state index is 12.7. The molecule has 0 radical (unpaired) electrons. The third kappa shape index (κ3) is 8.46. The number of ether oxygens (including phenoxy) is 2. The number of carbonyl (C=O) groups excluding carboxylic acids is 1.